The third-order valence-corrected chi connectivity index (χ3v) is 9.52. The molecule has 11 heteroatoms. The van der Waals surface area contributed by atoms with Crippen LogP contribution in [0.2, 0.25) is 10.0 Å². The number of nitrogens with zero attached hydrogens (tertiary/aromatic N) is 2. The van der Waals surface area contributed by atoms with Crippen LogP contribution in [0.1, 0.15) is 29.3 Å². The summed E-state index contributed by atoms with van der Waals surface area (Å²) in [6, 6.07) is 19.1. The van der Waals surface area contributed by atoms with E-state index in [9.17, 15) is 14.4 Å². The second-order valence-corrected chi connectivity index (χ2v) is 12.5. The lowest BCUT2D eigenvalue weighted by molar-refractivity contribution is -0.136. The number of fused-ring (bicyclic) bond motifs is 1. The minimum Gasteiger partial charge on any atom is -0.379 e. The Kier molecular flexibility index (Phi) is 10.6. The van der Waals surface area contributed by atoms with Crippen LogP contribution < -0.4 is 10.6 Å². The molecule has 2 atom stereocenters. The van der Waals surface area contributed by atoms with Gasteiger partial charge in [-0.15, -0.1) is 11.8 Å². The predicted molar refractivity (Wildman–Crippen MR) is 168 cm³/mol. The summed E-state index contributed by atoms with van der Waals surface area (Å²) in [5, 5.41) is 7.80. The van der Waals surface area contributed by atoms with Crippen LogP contribution in [0.15, 0.2) is 60.7 Å². The number of rotatable bonds is 11. The van der Waals surface area contributed by atoms with Crippen LogP contribution in [0.3, 0.4) is 0 Å². The topological polar surface area (TPSA) is 91.0 Å². The van der Waals surface area contributed by atoms with E-state index < -0.39 is 10.6 Å². The summed E-state index contributed by atoms with van der Waals surface area (Å²) in [4.78, 5) is 43.4. The average molecular weight is 630 g/mol. The minimum atomic E-state index is -0.660. The summed E-state index contributed by atoms with van der Waals surface area (Å²) in [5.74, 6) is -0.765. The highest BCUT2D eigenvalue weighted by molar-refractivity contribution is 8.01. The van der Waals surface area contributed by atoms with Crippen molar-refractivity contribution in [2.24, 2.45) is 0 Å². The second kappa shape index (κ2) is 14.6. The summed E-state index contributed by atoms with van der Waals surface area (Å²) < 4.78 is 5.38. The third kappa shape index (κ3) is 7.76. The Morgan fingerprint density at radius 3 is 2.60 bits per heavy atom. The van der Waals surface area contributed by atoms with E-state index in [0.29, 0.717) is 28.7 Å². The van der Waals surface area contributed by atoms with E-state index in [1.807, 2.05) is 42.5 Å². The maximum atomic E-state index is 13.6. The molecule has 3 aromatic rings. The number of morpholine rings is 1. The van der Waals surface area contributed by atoms with Crippen molar-refractivity contribution in [1.29, 1.82) is 0 Å². The van der Waals surface area contributed by atoms with E-state index in [1.54, 1.807) is 18.2 Å². The first-order valence-corrected chi connectivity index (χ1v) is 15.8. The zero-order valence-electron chi connectivity index (χ0n) is 23.2. The largest absolute Gasteiger partial charge is 0.379 e. The number of halogens is 2. The number of hydrogen-bond donors (Lipinski definition) is 2. The molecule has 0 bridgehead atoms. The van der Waals surface area contributed by atoms with Crippen LogP contribution in [-0.2, 0) is 25.7 Å². The van der Waals surface area contributed by atoms with E-state index in [2.05, 4.69) is 15.5 Å². The SMILES string of the molecule is O=C(C[C@H]1S[C@H](c2cc(Cl)ccc2Cl)N(CC(=O)NCCCN2CCOCC2)C1=O)NCc1cccc2ccccc12. The molecule has 2 aliphatic rings. The fourth-order valence-corrected chi connectivity index (χ4v) is 7.22. The van der Waals surface area contributed by atoms with Crippen LogP contribution in [0.25, 0.3) is 10.8 Å². The van der Waals surface area contributed by atoms with E-state index in [4.69, 9.17) is 27.9 Å². The Bertz CT molecular complexity index is 1430. The molecular weight excluding hydrogens is 595 g/mol. The molecule has 222 valence electrons. The van der Waals surface area contributed by atoms with Gasteiger partial charge in [0.1, 0.15) is 11.9 Å². The van der Waals surface area contributed by atoms with E-state index in [1.165, 1.54) is 16.7 Å². The smallest absolute Gasteiger partial charge is 0.239 e. The monoisotopic (exact) mass is 628 g/mol. The van der Waals surface area contributed by atoms with Crippen molar-refractivity contribution in [3.63, 3.8) is 0 Å². The quantitative estimate of drug-likeness (QED) is 0.301. The van der Waals surface area contributed by atoms with Crippen LogP contribution in [0, 0.1) is 0 Å². The van der Waals surface area contributed by atoms with Gasteiger partial charge in [-0.05, 0) is 47.5 Å². The van der Waals surface area contributed by atoms with Gasteiger partial charge in [0.25, 0.3) is 0 Å². The lowest BCUT2D eigenvalue weighted by Gasteiger charge is -2.26. The second-order valence-electron chi connectivity index (χ2n) is 10.4. The highest BCUT2D eigenvalue weighted by Gasteiger charge is 2.43. The lowest BCUT2D eigenvalue weighted by atomic mass is 10.0. The van der Waals surface area contributed by atoms with Gasteiger partial charge in [0.05, 0.1) is 18.5 Å². The summed E-state index contributed by atoms with van der Waals surface area (Å²) in [5.41, 5.74) is 1.64. The van der Waals surface area contributed by atoms with Crippen molar-refractivity contribution in [1.82, 2.24) is 20.4 Å². The Labute approximate surface area is 260 Å². The minimum absolute atomic E-state index is 0.0133. The molecule has 0 saturated carbocycles. The lowest BCUT2D eigenvalue weighted by Crippen LogP contribution is -2.42. The van der Waals surface area contributed by atoms with Crippen LogP contribution in [0.4, 0.5) is 0 Å². The number of ether oxygens (including phenoxy) is 1. The molecule has 5 rings (SSSR count). The van der Waals surface area contributed by atoms with Gasteiger partial charge in [-0.1, -0.05) is 65.7 Å². The van der Waals surface area contributed by atoms with Gasteiger partial charge in [-0.3, -0.25) is 19.3 Å². The normalized spacial score (nSPS) is 19.3. The molecule has 2 N–H and O–H groups in total. The Morgan fingerprint density at radius 1 is 0.976 bits per heavy atom. The molecule has 0 aromatic heterocycles. The number of benzene rings is 3. The van der Waals surface area contributed by atoms with Gasteiger partial charge >= 0.3 is 0 Å². The average Bonchev–Trinajstić information content (AvgIpc) is 3.29. The Balaban J connectivity index is 1.21. The van der Waals surface area contributed by atoms with Gasteiger partial charge in [0.2, 0.25) is 17.7 Å². The van der Waals surface area contributed by atoms with Crippen LogP contribution >= 0.6 is 35.0 Å². The zero-order chi connectivity index (χ0) is 29.5. The zero-order valence-corrected chi connectivity index (χ0v) is 25.5. The first-order chi connectivity index (χ1) is 20.4. The van der Waals surface area contributed by atoms with Crippen molar-refractivity contribution in [3.8, 4) is 0 Å². The van der Waals surface area contributed by atoms with Gasteiger partial charge in [-0.2, -0.15) is 0 Å². The molecule has 0 aliphatic carbocycles. The summed E-state index contributed by atoms with van der Waals surface area (Å²) >= 11 is 14.1. The van der Waals surface area contributed by atoms with Crippen molar-refractivity contribution in [2.45, 2.75) is 30.0 Å². The maximum absolute atomic E-state index is 13.6. The Morgan fingerprint density at radius 2 is 1.76 bits per heavy atom. The summed E-state index contributed by atoms with van der Waals surface area (Å²) in [7, 11) is 0. The number of amides is 3. The van der Waals surface area contributed by atoms with E-state index in [0.717, 1.165) is 55.6 Å². The first kappa shape index (κ1) is 30.6. The van der Waals surface area contributed by atoms with E-state index >= 15 is 0 Å². The summed E-state index contributed by atoms with van der Waals surface area (Å²) in [6.45, 7) is 4.86. The number of hydrogen-bond acceptors (Lipinski definition) is 6. The fraction of sp³-hybridized carbons (Fsp3) is 0.387. The van der Waals surface area contributed by atoms with Crippen molar-refractivity contribution in [3.05, 3.63) is 81.8 Å². The number of carbonyl (C=O) groups is 3. The molecule has 3 amide bonds. The molecule has 0 unspecified atom stereocenters. The molecule has 2 saturated heterocycles. The number of thioether (sulfide) groups is 1. The highest BCUT2D eigenvalue weighted by Crippen LogP contribution is 2.46. The van der Waals surface area contributed by atoms with Crippen molar-refractivity contribution >= 4 is 63.5 Å². The number of nitrogens with one attached hydrogen (secondary N) is 2. The molecule has 2 aliphatic heterocycles. The molecule has 2 fully saturated rings. The molecule has 2 heterocycles. The molecule has 42 heavy (non-hydrogen) atoms. The third-order valence-electron chi connectivity index (χ3n) is 7.48. The van der Waals surface area contributed by atoms with Crippen molar-refractivity contribution < 1.29 is 19.1 Å². The van der Waals surface area contributed by atoms with Crippen molar-refractivity contribution in [2.75, 3.05) is 45.9 Å². The van der Waals surface area contributed by atoms with Crippen LogP contribution in [0.5, 0.6) is 0 Å². The van der Waals surface area contributed by atoms with Gasteiger partial charge in [0.15, 0.2) is 0 Å². The maximum Gasteiger partial charge on any atom is 0.239 e. The van der Waals surface area contributed by atoms with E-state index in [-0.39, 0.29) is 30.7 Å². The molecular formula is C31H34Cl2N4O4S. The highest BCUT2D eigenvalue weighted by atomic mass is 35.5. The molecule has 0 radical (unpaired) electrons. The summed E-state index contributed by atoms with van der Waals surface area (Å²) in [6.07, 6.45) is 0.790. The number of carbonyl (C=O) groups excluding carboxylic acids is 3. The fourth-order valence-electron chi connectivity index (χ4n) is 5.28. The molecule has 0 spiro atoms. The van der Waals surface area contributed by atoms with Gasteiger partial charge < -0.3 is 20.3 Å². The standard InChI is InChI=1S/C31H34Cl2N4O4S/c32-23-9-10-26(33)25(17-23)31-37(20-29(39)34-11-4-12-36-13-15-41-16-14-36)30(40)27(42-31)18-28(38)35-19-22-7-3-6-21-5-1-2-8-24(21)22/h1-3,5-10,17,27,31H,4,11-16,18-20H2,(H,34,39)(H,35,38)/t27-,31-/m1/s1. The Hall–Kier alpha value is -2.82. The molecule has 8 nitrogen and oxygen atoms in total. The van der Waals surface area contributed by atoms with Gasteiger partial charge in [-0.25, -0.2) is 0 Å². The predicted octanol–water partition coefficient (Wildman–Crippen LogP) is 4.63. The molecule has 3 aromatic carbocycles. The van der Waals surface area contributed by atoms with Gasteiger partial charge in [0, 0.05) is 48.2 Å². The first-order valence-electron chi connectivity index (χ1n) is 14.1. The van der Waals surface area contributed by atoms with Crippen LogP contribution in [-0.4, -0.2) is 78.7 Å².